The molecule has 90 valence electrons. The number of fused-ring (bicyclic) bond motifs is 1. The third kappa shape index (κ3) is 1.86. The van der Waals surface area contributed by atoms with E-state index in [1.54, 1.807) is 6.20 Å². The van der Waals surface area contributed by atoms with Crippen molar-refractivity contribution in [2.45, 2.75) is 12.8 Å². The second kappa shape index (κ2) is 4.22. The van der Waals surface area contributed by atoms with Crippen molar-refractivity contribution in [1.29, 1.82) is 5.41 Å². The summed E-state index contributed by atoms with van der Waals surface area (Å²) in [6.45, 7) is 0. The van der Waals surface area contributed by atoms with Gasteiger partial charge in [0.05, 0.1) is 22.9 Å². The van der Waals surface area contributed by atoms with Crippen LogP contribution in [0.15, 0.2) is 36.2 Å². The molecule has 3 rings (SSSR count). The highest BCUT2D eigenvalue weighted by Gasteiger charge is 2.26. The summed E-state index contributed by atoms with van der Waals surface area (Å²) in [5.41, 5.74) is 9.92. The highest BCUT2D eigenvalue weighted by atomic mass is 14.8. The van der Waals surface area contributed by atoms with Crippen LogP contribution in [-0.2, 0) is 0 Å². The average Bonchev–Trinajstić information content (AvgIpc) is 3.23. The lowest BCUT2D eigenvalue weighted by atomic mass is 10.1. The van der Waals surface area contributed by atoms with Gasteiger partial charge in [-0.3, -0.25) is 4.98 Å². The van der Waals surface area contributed by atoms with E-state index in [1.807, 2.05) is 24.3 Å². The molecule has 18 heavy (non-hydrogen) atoms. The maximum atomic E-state index is 7.53. The average molecular weight is 238 g/mol. The lowest BCUT2D eigenvalue weighted by molar-refractivity contribution is 0.985. The summed E-state index contributed by atoms with van der Waals surface area (Å²) >= 11 is 0. The Bertz CT molecular complexity index is 641. The van der Waals surface area contributed by atoms with Crippen LogP contribution in [0.3, 0.4) is 0 Å². The zero-order valence-corrected chi connectivity index (χ0v) is 9.93. The number of nitrogens with two attached hydrogens (primary N) is 1. The molecule has 1 fully saturated rings. The molecule has 0 atom stereocenters. The summed E-state index contributed by atoms with van der Waals surface area (Å²) in [6.07, 6.45) is 5.21. The first-order valence-corrected chi connectivity index (χ1v) is 6.02. The monoisotopic (exact) mass is 238 g/mol. The number of aromatic nitrogens is 2. The Labute approximate surface area is 105 Å². The second-order valence-electron chi connectivity index (χ2n) is 4.53. The number of nitrogens with zero attached hydrogens (tertiary/aromatic N) is 2. The van der Waals surface area contributed by atoms with Gasteiger partial charge in [0.15, 0.2) is 0 Å². The van der Waals surface area contributed by atoms with E-state index in [0.29, 0.717) is 17.2 Å². The largest absolute Gasteiger partial charge is 0.401 e. The molecule has 2 aromatic rings. The van der Waals surface area contributed by atoms with E-state index in [4.69, 9.17) is 11.1 Å². The fourth-order valence-corrected chi connectivity index (χ4v) is 2.01. The van der Waals surface area contributed by atoms with E-state index in [0.717, 1.165) is 29.6 Å². The summed E-state index contributed by atoms with van der Waals surface area (Å²) in [4.78, 5) is 8.88. The number of nitrogens with one attached hydrogen (secondary N) is 1. The SMILES string of the molecule is N=CC(=C(N)C1CC1)c1cnc2ccccc2n1. The van der Waals surface area contributed by atoms with Gasteiger partial charge in [-0.2, -0.15) is 0 Å². The first-order valence-electron chi connectivity index (χ1n) is 6.02. The van der Waals surface area contributed by atoms with E-state index in [1.165, 1.54) is 6.21 Å². The van der Waals surface area contributed by atoms with E-state index in [9.17, 15) is 0 Å². The molecule has 0 spiro atoms. The van der Waals surface area contributed by atoms with Gasteiger partial charge in [0, 0.05) is 17.5 Å². The van der Waals surface area contributed by atoms with Crippen molar-refractivity contribution in [2.24, 2.45) is 11.7 Å². The molecule has 4 nitrogen and oxygen atoms in total. The minimum absolute atomic E-state index is 0.426. The van der Waals surface area contributed by atoms with Crippen molar-refractivity contribution in [2.75, 3.05) is 0 Å². The van der Waals surface area contributed by atoms with Gasteiger partial charge in [-0.25, -0.2) is 4.98 Å². The zero-order valence-electron chi connectivity index (χ0n) is 9.93. The van der Waals surface area contributed by atoms with Crippen molar-refractivity contribution >= 4 is 22.8 Å². The molecule has 0 aliphatic heterocycles. The molecule has 0 unspecified atom stereocenters. The Kier molecular flexibility index (Phi) is 2.55. The van der Waals surface area contributed by atoms with Crippen molar-refractivity contribution in [1.82, 2.24) is 9.97 Å². The van der Waals surface area contributed by atoms with Crippen LogP contribution in [0.1, 0.15) is 18.5 Å². The number of hydrogen-bond acceptors (Lipinski definition) is 4. The van der Waals surface area contributed by atoms with E-state index >= 15 is 0 Å². The summed E-state index contributed by atoms with van der Waals surface area (Å²) < 4.78 is 0. The topological polar surface area (TPSA) is 75.7 Å². The number of rotatable bonds is 3. The van der Waals surface area contributed by atoms with Crippen molar-refractivity contribution in [3.8, 4) is 0 Å². The van der Waals surface area contributed by atoms with Gasteiger partial charge in [-0.15, -0.1) is 0 Å². The van der Waals surface area contributed by atoms with E-state index in [2.05, 4.69) is 9.97 Å². The quantitative estimate of drug-likeness (QED) is 0.806. The summed E-state index contributed by atoms with van der Waals surface area (Å²) in [5.74, 6) is 0.426. The van der Waals surface area contributed by atoms with Crippen LogP contribution < -0.4 is 5.73 Å². The third-order valence-electron chi connectivity index (χ3n) is 3.20. The Morgan fingerprint density at radius 1 is 1.28 bits per heavy atom. The Hall–Kier alpha value is -2.23. The molecule has 3 N–H and O–H groups in total. The van der Waals surface area contributed by atoms with Crippen LogP contribution in [0.5, 0.6) is 0 Å². The number of hydrogen-bond donors (Lipinski definition) is 2. The Morgan fingerprint density at radius 3 is 2.67 bits per heavy atom. The number of benzene rings is 1. The molecular formula is C14H14N4. The molecule has 4 heteroatoms. The van der Waals surface area contributed by atoms with Crippen LogP contribution in [0.4, 0.5) is 0 Å². The lowest BCUT2D eigenvalue weighted by Crippen LogP contribution is -2.06. The predicted octanol–water partition coefficient (Wildman–Crippen LogP) is 2.36. The smallest absolute Gasteiger partial charge is 0.0925 e. The third-order valence-corrected chi connectivity index (χ3v) is 3.20. The molecule has 1 aromatic heterocycles. The van der Waals surface area contributed by atoms with E-state index in [-0.39, 0.29) is 0 Å². The molecule has 0 bridgehead atoms. The van der Waals surface area contributed by atoms with Gasteiger partial charge < -0.3 is 11.1 Å². The molecule has 0 saturated heterocycles. The summed E-state index contributed by atoms with van der Waals surface area (Å²) in [5, 5.41) is 7.53. The van der Waals surface area contributed by atoms with Gasteiger partial charge in [0.2, 0.25) is 0 Å². The minimum atomic E-state index is 0.426. The minimum Gasteiger partial charge on any atom is -0.401 e. The van der Waals surface area contributed by atoms with Gasteiger partial charge >= 0.3 is 0 Å². The molecular weight excluding hydrogens is 224 g/mol. The molecule has 1 aromatic carbocycles. The molecule has 1 saturated carbocycles. The van der Waals surface area contributed by atoms with Crippen molar-refractivity contribution in [3.05, 3.63) is 41.9 Å². The Morgan fingerprint density at radius 2 is 2.00 bits per heavy atom. The first-order chi connectivity index (χ1) is 8.79. The van der Waals surface area contributed by atoms with Gasteiger partial charge in [0.25, 0.3) is 0 Å². The van der Waals surface area contributed by atoms with Crippen LogP contribution in [0.2, 0.25) is 0 Å². The fraction of sp³-hybridized carbons (Fsp3) is 0.214. The molecule has 1 heterocycles. The number of para-hydroxylation sites is 2. The fourth-order valence-electron chi connectivity index (χ4n) is 2.01. The van der Waals surface area contributed by atoms with Crippen LogP contribution >= 0.6 is 0 Å². The highest BCUT2D eigenvalue weighted by Crippen LogP contribution is 2.36. The molecule has 1 aliphatic carbocycles. The molecule has 0 amide bonds. The highest BCUT2D eigenvalue weighted by molar-refractivity contribution is 6.09. The van der Waals surface area contributed by atoms with Crippen LogP contribution in [0, 0.1) is 11.3 Å². The second-order valence-corrected chi connectivity index (χ2v) is 4.53. The first kappa shape index (κ1) is 10.9. The maximum absolute atomic E-state index is 7.53. The van der Waals surface area contributed by atoms with Crippen LogP contribution in [0.25, 0.3) is 16.6 Å². The van der Waals surface area contributed by atoms with Crippen molar-refractivity contribution in [3.63, 3.8) is 0 Å². The van der Waals surface area contributed by atoms with E-state index < -0.39 is 0 Å². The summed E-state index contributed by atoms with van der Waals surface area (Å²) in [6, 6.07) is 7.70. The maximum Gasteiger partial charge on any atom is 0.0925 e. The van der Waals surface area contributed by atoms with Gasteiger partial charge in [-0.05, 0) is 30.9 Å². The normalized spacial score (nSPS) is 16.4. The molecule has 0 radical (unpaired) electrons. The molecule has 1 aliphatic rings. The van der Waals surface area contributed by atoms with Crippen molar-refractivity contribution < 1.29 is 0 Å². The zero-order chi connectivity index (χ0) is 12.5. The standard InChI is InChI=1S/C14H14N4/c15-7-10(14(16)9-5-6-9)13-8-17-11-3-1-2-4-12(11)18-13/h1-4,7-9,15H,5-6,16H2. The van der Waals surface area contributed by atoms with Gasteiger partial charge in [-0.1, -0.05) is 12.1 Å². The Balaban J connectivity index is 2.12. The summed E-state index contributed by atoms with van der Waals surface area (Å²) in [7, 11) is 0. The van der Waals surface area contributed by atoms with Crippen LogP contribution in [-0.4, -0.2) is 16.2 Å². The number of allylic oxidation sites excluding steroid dienone is 2. The van der Waals surface area contributed by atoms with Gasteiger partial charge in [0.1, 0.15) is 0 Å². The predicted molar refractivity (Wildman–Crippen MR) is 72.2 cm³/mol. The lowest BCUT2D eigenvalue weighted by Gasteiger charge is -2.06.